The average molecular weight is 630 g/mol. The first-order valence-corrected chi connectivity index (χ1v) is 16.2. The van der Waals surface area contributed by atoms with E-state index in [-0.39, 0.29) is 35.8 Å². The van der Waals surface area contributed by atoms with E-state index >= 15 is 0 Å². The molecule has 7 bridgehead atoms. The Morgan fingerprint density at radius 1 is 1.02 bits per heavy atom. The van der Waals surface area contributed by atoms with Crippen molar-refractivity contribution in [3.05, 3.63) is 35.9 Å². The Labute approximate surface area is 264 Å². The summed E-state index contributed by atoms with van der Waals surface area (Å²) in [5.74, 6) is -2.95. The van der Waals surface area contributed by atoms with Crippen LogP contribution in [0.5, 0.6) is 0 Å². The number of aliphatic hydroxyl groups is 2. The summed E-state index contributed by atoms with van der Waals surface area (Å²) in [6.07, 6.45) is -2.64. The third kappa shape index (κ3) is 3.66. The zero-order valence-corrected chi connectivity index (χ0v) is 27.0. The van der Waals surface area contributed by atoms with Crippen LogP contribution in [0, 0.1) is 34.5 Å². The third-order valence-corrected chi connectivity index (χ3v) is 13.0. The summed E-state index contributed by atoms with van der Waals surface area (Å²) in [6, 6.07) is 8.42. The molecule has 248 valence electrons. The van der Waals surface area contributed by atoms with Crippen LogP contribution in [0.25, 0.3) is 0 Å². The number of hydrogen-bond acceptors (Lipinski definition) is 11. The fourth-order valence-corrected chi connectivity index (χ4v) is 12.4. The van der Waals surface area contributed by atoms with Crippen LogP contribution in [-0.4, -0.2) is 123 Å². The molecule has 0 aromatic heterocycles. The molecule has 45 heavy (non-hydrogen) atoms. The Hall–Kier alpha value is -2.12. The minimum Gasteiger partial charge on any atom is -0.455 e. The van der Waals surface area contributed by atoms with Crippen molar-refractivity contribution in [1.29, 1.82) is 0 Å². The van der Waals surface area contributed by atoms with Crippen molar-refractivity contribution in [1.82, 2.24) is 4.90 Å². The van der Waals surface area contributed by atoms with E-state index in [0.717, 1.165) is 19.4 Å². The number of fused-ring (bicyclic) bond motifs is 2. The zero-order chi connectivity index (χ0) is 32.1. The quantitative estimate of drug-likeness (QED) is 0.387. The topological polar surface area (TPSA) is 133 Å². The SMILES string of the molecule is CCN1C[C@]2(COC)CC[C@H](OC)[C@]34C1C([C@H](OC)[C@H]23)[C@]1(OC(C)=O)[C@H]2[C@@H](OC(=O)c3ccccc3)[C@](O)(C[C@H]24)[C@@H](OC)[C@@H]1O. The van der Waals surface area contributed by atoms with Crippen molar-refractivity contribution in [3.8, 4) is 0 Å². The largest absolute Gasteiger partial charge is 0.455 e. The summed E-state index contributed by atoms with van der Waals surface area (Å²) in [6.45, 7) is 5.44. The molecule has 1 spiro atoms. The number of methoxy groups -OCH3 is 4. The van der Waals surface area contributed by atoms with Crippen LogP contribution in [0.4, 0.5) is 0 Å². The van der Waals surface area contributed by atoms with Gasteiger partial charge in [-0.05, 0) is 43.9 Å². The molecule has 6 fully saturated rings. The zero-order valence-electron chi connectivity index (χ0n) is 27.0. The first-order valence-electron chi connectivity index (χ1n) is 16.2. The van der Waals surface area contributed by atoms with Crippen molar-refractivity contribution in [3.63, 3.8) is 0 Å². The summed E-state index contributed by atoms with van der Waals surface area (Å²) >= 11 is 0. The van der Waals surface area contributed by atoms with E-state index in [2.05, 4.69) is 11.8 Å². The van der Waals surface area contributed by atoms with E-state index in [1.165, 1.54) is 14.0 Å². The predicted molar refractivity (Wildman–Crippen MR) is 159 cm³/mol. The molecule has 0 radical (unpaired) electrons. The minimum atomic E-state index is -1.76. The number of piperidine rings is 1. The minimum absolute atomic E-state index is 0.101. The van der Waals surface area contributed by atoms with Crippen LogP contribution in [0.2, 0.25) is 0 Å². The first kappa shape index (κ1) is 31.5. The molecule has 0 amide bonds. The van der Waals surface area contributed by atoms with Crippen molar-refractivity contribution in [2.75, 3.05) is 48.1 Å². The molecule has 2 unspecified atom stereocenters. The van der Waals surface area contributed by atoms with Gasteiger partial charge in [-0.15, -0.1) is 0 Å². The molecule has 2 N–H and O–H groups in total. The number of aliphatic hydroxyl groups excluding tert-OH is 1. The van der Waals surface area contributed by atoms with Gasteiger partial charge >= 0.3 is 11.9 Å². The average Bonchev–Trinajstić information content (AvgIpc) is 3.40. The second kappa shape index (κ2) is 10.7. The van der Waals surface area contributed by atoms with Crippen LogP contribution in [0.15, 0.2) is 30.3 Å². The molecule has 11 nitrogen and oxygen atoms in total. The number of esters is 2. The van der Waals surface area contributed by atoms with Gasteiger partial charge < -0.3 is 38.6 Å². The lowest BCUT2D eigenvalue weighted by Crippen LogP contribution is -2.80. The highest BCUT2D eigenvalue weighted by atomic mass is 16.6. The second-order valence-corrected chi connectivity index (χ2v) is 14.3. The number of nitrogens with zero attached hydrogens (tertiary/aromatic N) is 1. The Morgan fingerprint density at radius 2 is 1.76 bits per heavy atom. The Bertz CT molecular complexity index is 1330. The normalized spacial score (nSPS) is 49.1. The Kier molecular flexibility index (Phi) is 7.48. The first-order chi connectivity index (χ1) is 21.6. The Morgan fingerprint density at radius 3 is 2.36 bits per heavy atom. The number of benzene rings is 1. The number of carbonyl (C=O) groups excluding carboxylic acids is 2. The fraction of sp³-hybridized carbons (Fsp3) is 0.765. The van der Waals surface area contributed by atoms with Gasteiger partial charge in [0.25, 0.3) is 0 Å². The third-order valence-electron chi connectivity index (χ3n) is 13.0. The highest BCUT2D eigenvalue weighted by Gasteiger charge is 2.91. The molecule has 1 aromatic carbocycles. The lowest BCUT2D eigenvalue weighted by atomic mass is 9.43. The molecule has 11 heteroatoms. The molecule has 7 rings (SSSR count). The van der Waals surface area contributed by atoms with Crippen LogP contribution in [0.3, 0.4) is 0 Å². The summed E-state index contributed by atoms with van der Waals surface area (Å²) in [5.41, 5.74) is -3.92. The van der Waals surface area contributed by atoms with Crippen molar-refractivity contribution >= 4 is 11.9 Å². The molecule has 1 saturated heterocycles. The predicted octanol–water partition coefficient (Wildman–Crippen LogP) is 1.68. The highest BCUT2D eigenvalue weighted by Crippen LogP contribution is 2.80. The van der Waals surface area contributed by atoms with E-state index in [9.17, 15) is 19.8 Å². The van der Waals surface area contributed by atoms with E-state index in [1.807, 2.05) is 6.07 Å². The van der Waals surface area contributed by atoms with Gasteiger partial charge in [0.15, 0.2) is 5.60 Å². The van der Waals surface area contributed by atoms with Crippen molar-refractivity contribution < 1.29 is 48.2 Å². The van der Waals surface area contributed by atoms with Crippen LogP contribution in [0.1, 0.15) is 43.5 Å². The number of carbonyl (C=O) groups is 2. The molecule has 1 aliphatic heterocycles. The van der Waals surface area contributed by atoms with E-state index in [4.69, 9.17) is 28.4 Å². The van der Waals surface area contributed by atoms with Crippen LogP contribution in [-0.2, 0) is 33.2 Å². The van der Waals surface area contributed by atoms with Crippen molar-refractivity contribution in [2.24, 2.45) is 34.5 Å². The van der Waals surface area contributed by atoms with Crippen LogP contribution < -0.4 is 0 Å². The van der Waals surface area contributed by atoms with Gasteiger partial charge in [0.2, 0.25) is 0 Å². The monoisotopic (exact) mass is 629 g/mol. The summed E-state index contributed by atoms with van der Waals surface area (Å²) in [5, 5.41) is 25.3. The molecule has 5 aliphatic carbocycles. The Balaban J connectivity index is 1.52. The molecular formula is C34H47NO10. The fourth-order valence-electron chi connectivity index (χ4n) is 12.4. The van der Waals surface area contributed by atoms with Gasteiger partial charge in [0.05, 0.1) is 24.4 Å². The molecule has 14 atom stereocenters. The molecule has 5 saturated carbocycles. The van der Waals surface area contributed by atoms with Gasteiger partial charge in [-0.2, -0.15) is 0 Å². The second-order valence-electron chi connectivity index (χ2n) is 14.3. The number of ether oxygens (including phenoxy) is 6. The molecular weight excluding hydrogens is 582 g/mol. The lowest BCUT2D eigenvalue weighted by molar-refractivity contribution is -0.317. The summed E-state index contributed by atoms with van der Waals surface area (Å²) in [4.78, 5) is 29.4. The number of likely N-dealkylation sites (tertiary alicyclic amines) is 1. The van der Waals surface area contributed by atoms with Gasteiger partial charge in [-0.1, -0.05) is 25.1 Å². The van der Waals surface area contributed by atoms with E-state index in [0.29, 0.717) is 18.7 Å². The highest BCUT2D eigenvalue weighted by molar-refractivity contribution is 5.89. The van der Waals surface area contributed by atoms with Crippen molar-refractivity contribution in [2.45, 2.75) is 80.9 Å². The molecule has 1 aromatic rings. The molecule has 1 heterocycles. The van der Waals surface area contributed by atoms with Gasteiger partial charge in [-0.3, -0.25) is 9.69 Å². The maximum Gasteiger partial charge on any atom is 0.338 e. The van der Waals surface area contributed by atoms with E-state index in [1.54, 1.807) is 45.6 Å². The standard InChI is InChI=1S/C34H47NO10/c1-7-35-16-31(17-40-3)14-13-21(41-4)33-20-15-32(39)28(44-30(38)19-11-9-8-10-12-19)22(20)34(45-18(2)36,27(37)29(32)43-6)23(26(33)35)24(42-5)25(31)33/h8-12,20-29,37,39H,7,13-17H2,1-6H3/t20-,21+,22-,23?,24+,25-,26?,27+,28-,29+,31+,32-,33+,34-/m1/s1. The smallest absolute Gasteiger partial charge is 0.338 e. The summed E-state index contributed by atoms with van der Waals surface area (Å²) < 4.78 is 37.7. The maximum absolute atomic E-state index is 13.7. The maximum atomic E-state index is 13.7. The summed E-state index contributed by atoms with van der Waals surface area (Å²) in [7, 11) is 6.59. The molecule has 6 aliphatic rings. The van der Waals surface area contributed by atoms with Crippen LogP contribution >= 0.6 is 0 Å². The lowest BCUT2D eigenvalue weighted by Gasteiger charge is -2.69. The van der Waals surface area contributed by atoms with Gasteiger partial charge in [0.1, 0.15) is 23.9 Å². The van der Waals surface area contributed by atoms with E-state index < -0.39 is 64.8 Å². The number of rotatable bonds is 9. The number of hydrogen-bond donors (Lipinski definition) is 2. The van der Waals surface area contributed by atoms with Gasteiger partial charge in [0, 0.05) is 76.5 Å². The van der Waals surface area contributed by atoms with Gasteiger partial charge in [-0.25, -0.2) is 4.79 Å².